The minimum atomic E-state index is -2.70. The summed E-state index contributed by atoms with van der Waals surface area (Å²) in [5, 5.41) is 10.7. The van der Waals surface area contributed by atoms with Gasteiger partial charge in [-0.1, -0.05) is 0 Å². The van der Waals surface area contributed by atoms with Gasteiger partial charge in [0.2, 0.25) is 5.88 Å². The van der Waals surface area contributed by atoms with E-state index < -0.39 is 24.8 Å². The van der Waals surface area contributed by atoms with Crippen LogP contribution in [0.25, 0.3) is 5.57 Å². The molecule has 29 heavy (non-hydrogen) atoms. The van der Waals surface area contributed by atoms with Gasteiger partial charge in [-0.3, -0.25) is 4.79 Å². The van der Waals surface area contributed by atoms with E-state index in [0.29, 0.717) is 21.0 Å². The Kier molecular flexibility index (Phi) is 6.16. The van der Waals surface area contributed by atoms with E-state index in [0.717, 1.165) is 17.7 Å². The third-order valence-corrected chi connectivity index (χ3v) is 5.26. The summed E-state index contributed by atoms with van der Waals surface area (Å²) >= 11 is 1.14. The smallest absolute Gasteiger partial charge is 0.272 e. The van der Waals surface area contributed by atoms with Crippen molar-refractivity contribution in [2.24, 2.45) is 0 Å². The number of ether oxygens (including phenoxy) is 1. The summed E-state index contributed by atoms with van der Waals surface area (Å²) in [5.41, 5.74) is 1.19. The quantitative estimate of drug-likeness (QED) is 0.635. The Morgan fingerprint density at radius 3 is 2.90 bits per heavy atom. The number of nitrogens with one attached hydrogen (secondary N) is 2. The molecule has 2 aromatic heterocycles. The van der Waals surface area contributed by atoms with Crippen molar-refractivity contribution in [2.75, 3.05) is 13.7 Å². The predicted octanol–water partition coefficient (Wildman–Crippen LogP) is 3.08. The van der Waals surface area contributed by atoms with Gasteiger partial charge in [0.05, 0.1) is 23.7 Å². The molecule has 1 amide bonds. The lowest BCUT2D eigenvalue weighted by Crippen LogP contribution is -2.23. The number of amides is 1. The first-order chi connectivity index (χ1) is 13.8. The molecule has 0 unspecified atom stereocenters. The number of allylic oxidation sites excluding steroid dienone is 1. The molecule has 0 atom stereocenters. The van der Waals surface area contributed by atoms with Crippen molar-refractivity contribution in [3.63, 3.8) is 0 Å². The van der Waals surface area contributed by atoms with Gasteiger partial charge >= 0.3 is 0 Å². The fourth-order valence-electron chi connectivity index (χ4n) is 2.86. The Morgan fingerprint density at radius 1 is 1.48 bits per heavy atom. The maximum atomic E-state index is 14.5. The Bertz CT molecular complexity index is 976. The van der Waals surface area contributed by atoms with Crippen molar-refractivity contribution in [3.05, 3.63) is 45.4 Å². The van der Waals surface area contributed by atoms with Crippen molar-refractivity contribution in [3.8, 4) is 5.88 Å². The predicted molar refractivity (Wildman–Crippen MR) is 102 cm³/mol. The van der Waals surface area contributed by atoms with Crippen LogP contribution in [0.2, 0.25) is 0 Å². The van der Waals surface area contributed by atoms with E-state index in [2.05, 4.69) is 15.3 Å². The summed E-state index contributed by atoms with van der Waals surface area (Å²) in [4.78, 5) is 22.8. The SMILES string of the molecule is CN/C=C(\C(C)=N)c1cc(F)c(CN2Cc3ncnc(OCC(F)F)c3C2=O)s1. The third kappa shape index (κ3) is 4.39. The van der Waals surface area contributed by atoms with Crippen molar-refractivity contribution in [1.82, 2.24) is 20.2 Å². The van der Waals surface area contributed by atoms with Crippen LogP contribution in [0, 0.1) is 11.2 Å². The number of hydrogen-bond acceptors (Lipinski definition) is 7. The highest BCUT2D eigenvalue weighted by Crippen LogP contribution is 2.33. The van der Waals surface area contributed by atoms with Gasteiger partial charge in [-0.15, -0.1) is 11.3 Å². The van der Waals surface area contributed by atoms with Crippen LogP contribution in [0.5, 0.6) is 5.88 Å². The van der Waals surface area contributed by atoms with E-state index in [1.807, 2.05) is 0 Å². The molecule has 0 radical (unpaired) electrons. The monoisotopic (exact) mass is 425 g/mol. The molecule has 7 nitrogen and oxygen atoms in total. The molecule has 2 aromatic rings. The Labute approximate surface area is 168 Å². The molecule has 0 spiro atoms. The number of rotatable bonds is 8. The molecule has 3 heterocycles. The average Bonchev–Trinajstić information content (AvgIpc) is 3.18. The molecule has 0 aliphatic carbocycles. The largest absolute Gasteiger partial charge is 0.471 e. The number of fused-ring (bicyclic) bond motifs is 1. The first-order valence-electron chi connectivity index (χ1n) is 8.57. The molecule has 0 saturated heterocycles. The van der Waals surface area contributed by atoms with Gasteiger partial charge in [0.15, 0.2) is 6.61 Å². The summed E-state index contributed by atoms with van der Waals surface area (Å²) in [6.45, 7) is 0.783. The minimum absolute atomic E-state index is 0.0239. The van der Waals surface area contributed by atoms with Crippen molar-refractivity contribution >= 4 is 28.5 Å². The molecule has 154 valence electrons. The van der Waals surface area contributed by atoms with Gasteiger partial charge in [-0.2, -0.15) is 0 Å². The fraction of sp³-hybridized carbons (Fsp3) is 0.333. The normalized spacial score (nSPS) is 13.8. The Morgan fingerprint density at radius 2 is 2.24 bits per heavy atom. The van der Waals surface area contributed by atoms with E-state index in [9.17, 15) is 18.0 Å². The summed E-state index contributed by atoms with van der Waals surface area (Å²) in [5.74, 6) is -1.19. The lowest BCUT2D eigenvalue weighted by atomic mass is 10.1. The Balaban J connectivity index is 1.82. The summed E-state index contributed by atoms with van der Waals surface area (Å²) in [7, 11) is 1.68. The molecule has 0 bridgehead atoms. The van der Waals surface area contributed by atoms with Crippen LogP contribution in [0.15, 0.2) is 18.6 Å². The summed E-state index contributed by atoms with van der Waals surface area (Å²) < 4.78 is 44.3. The standard InChI is InChI=1S/C18H18F3N5O2S/c1-9(22)10(4-23-2)13-3-11(19)14(29-13)6-26-5-12-16(18(26)27)17(25-8-24-12)28-7-15(20)21/h3-4,8,15,22-23H,5-7H2,1-2H3/b10-4+,22-9?. The van der Waals surface area contributed by atoms with Crippen LogP contribution in [0.1, 0.15) is 32.7 Å². The number of carbonyl (C=O) groups excluding carboxylic acids is 1. The van der Waals surface area contributed by atoms with Gasteiger partial charge in [0, 0.05) is 29.4 Å². The van der Waals surface area contributed by atoms with Gasteiger partial charge in [0.1, 0.15) is 17.7 Å². The average molecular weight is 425 g/mol. The second-order valence-electron chi connectivity index (χ2n) is 6.22. The van der Waals surface area contributed by atoms with Crippen LogP contribution in [0.3, 0.4) is 0 Å². The molecule has 0 fully saturated rings. The van der Waals surface area contributed by atoms with E-state index >= 15 is 0 Å². The second-order valence-corrected chi connectivity index (χ2v) is 7.35. The maximum absolute atomic E-state index is 14.5. The zero-order chi connectivity index (χ0) is 21.1. The molecular weight excluding hydrogens is 407 g/mol. The Hall–Kier alpha value is -2.95. The first kappa shape index (κ1) is 20.8. The third-order valence-electron chi connectivity index (χ3n) is 4.13. The maximum Gasteiger partial charge on any atom is 0.272 e. The number of halogens is 3. The van der Waals surface area contributed by atoms with Crippen molar-refractivity contribution < 1.29 is 22.7 Å². The molecule has 0 saturated carbocycles. The lowest BCUT2D eigenvalue weighted by Gasteiger charge is -2.14. The number of thiophene rings is 1. The molecule has 3 rings (SSSR count). The van der Waals surface area contributed by atoms with E-state index in [1.165, 1.54) is 11.0 Å². The van der Waals surface area contributed by atoms with Crippen LogP contribution >= 0.6 is 11.3 Å². The van der Waals surface area contributed by atoms with E-state index in [-0.39, 0.29) is 30.2 Å². The highest BCUT2D eigenvalue weighted by molar-refractivity contribution is 7.13. The van der Waals surface area contributed by atoms with Gasteiger partial charge in [0.25, 0.3) is 12.3 Å². The highest BCUT2D eigenvalue weighted by atomic mass is 32.1. The molecule has 2 N–H and O–H groups in total. The van der Waals surface area contributed by atoms with E-state index in [4.69, 9.17) is 10.1 Å². The lowest BCUT2D eigenvalue weighted by molar-refractivity contribution is 0.0719. The van der Waals surface area contributed by atoms with Crippen molar-refractivity contribution in [1.29, 1.82) is 5.41 Å². The second kappa shape index (κ2) is 8.60. The number of carbonyl (C=O) groups is 1. The molecule has 11 heteroatoms. The minimum Gasteiger partial charge on any atom is -0.471 e. The number of alkyl halides is 2. The summed E-state index contributed by atoms with van der Waals surface area (Å²) in [6.07, 6.45) is 0.0438. The summed E-state index contributed by atoms with van der Waals surface area (Å²) in [6, 6.07) is 1.33. The van der Waals surface area contributed by atoms with Crippen LogP contribution in [-0.2, 0) is 13.1 Å². The van der Waals surface area contributed by atoms with Gasteiger partial charge in [-0.05, 0) is 13.0 Å². The number of nitrogens with zero attached hydrogens (tertiary/aromatic N) is 3. The number of hydrogen-bond donors (Lipinski definition) is 2. The number of aromatic nitrogens is 2. The zero-order valence-corrected chi connectivity index (χ0v) is 16.4. The van der Waals surface area contributed by atoms with Crippen LogP contribution < -0.4 is 10.1 Å². The van der Waals surface area contributed by atoms with E-state index in [1.54, 1.807) is 20.2 Å². The van der Waals surface area contributed by atoms with Crippen molar-refractivity contribution in [2.45, 2.75) is 26.4 Å². The first-order valence-corrected chi connectivity index (χ1v) is 9.39. The van der Waals surface area contributed by atoms with Gasteiger partial charge in [-0.25, -0.2) is 23.1 Å². The van der Waals surface area contributed by atoms with Gasteiger partial charge < -0.3 is 20.4 Å². The fourth-order valence-corrected chi connectivity index (χ4v) is 3.98. The topological polar surface area (TPSA) is 91.2 Å². The zero-order valence-electron chi connectivity index (χ0n) is 15.6. The molecular formula is C18H18F3N5O2S. The molecule has 1 aliphatic heterocycles. The van der Waals surface area contributed by atoms with Crippen LogP contribution in [0.4, 0.5) is 13.2 Å². The molecule has 1 aliphatic rings. The molecule has 0 aromatic carbocycles. The van der Waals surface area contributed by atoms with Crippen LogP contribution in [-0.4, -0.2) is 46.6 Å². The highest BCUT2D eigenvalue weighted by Gasteiger charge is 2.34.